The van der Waals surface area contributed by atoms with E-state index >= 15 is 0 Å². The number of carbonyl (C=O) groups is 1. The largest absolute Gasteiger partial charge is 0.497 e. The monoisotopic (exact) mass is 395 g/mol. The number of methoxy groups -OCH3 is 2. The first kappa shape index (κ1) is 19.8. The molecule has 1 saturated carbocycles. The van der Waals surface area contributed by atoms with Gasteiger partial charge in [-0.25, -0.2) is 0 Å². The molecule has 0 radical (unpaired) electrons. The van der Waals surface area contributed by atoms with Crippen molar-refractivity contribution in [2.24, 2.45) is 5.92 Å². The summed E-state index contributed by atoms with van der Waals surface area (Å²) < 4.78 is 11.0. The standard InChI is InChI=1S/C24H29NO4/c1-28-18-11-12-19(21(16-18)29-2)22-20-10-6-7-13-24(20,27)14-15-25(22)23(26)17-8-4-3-5-9-17/h3-5,8-9,11-12,16,20,22,27H,6-7,10,13-15H2,1-2H3. The van der Waals surface area contributed by atoms with Crippen molar-refractivity contribution in [3.05, 3.63) is 59.7 Å². The van der Waals surface area contributed by atoms with Gasteiger partial charge in [0.25, 0.3) is 5.91 Å². The number of hydrogen-bond donors (Lipinski definition) is 1. The molecule has 1 N–H and O–H groups in total. The number of carbonyl (C=O) groups excluding carboxylic acids is 1. The molecule has 2 aromatic rings. The Hall–Kier alpha value is -2.53. The van der Waals surface area contributed by atoms with Crippen LogP contribution in [-0.4, -0.2) is 42.3 Å². The zero-order chi connectivity index (χ0) is 20.4. The zero-order valence-electron chi connectivity index (χ0n) is 17.1. The van der Waals surface area contributed by atoms with Gasteiger partial charge in [0.15, 0.2) is 0 Å². The van der Waals surface area contributed by atoms with Crippen molar-refractivity contribution in [1.29, 1.82) is 0 Å². The molecule has 2 aliphatic rings. The lowest BCUT2D eigenvalue weighted by Gasteiger charge is -2.52. The molecule has 3 unspecified atom stereocenters. The van der Waals surface area contributed by atoms with Crippen LogP contribution in [0.25, 0.3) is 0 Å². The molecule has 3 atom stereocenters. The van der Waals surface area contributed by atoms with Crippen LogP contribution < -0.4 is 9.47 Å². The summed E-state index contributed by atoms with van der Waals surface area (Å²) in [6.07, 6.45) is 4.40. The highest BCUT2D eigenvalue weighted by Crippen LogP contribution is 2.51. The maximum absolute atomic E-state index is 13.5. The summed E-state index contributed by atoms with van der Waals surface area (Å²) in [4.78, 5) is 15.4. The normalized spacial score (nSPS) is 26.5. The van der Waals surface area contributed by atoms with Gasteiger partial charge in [0.1, 0.15) is 11.5 Å². The fourth-order valence-corrected chi connectivity index (χ4v) is 5.10. The summed E-state index contributed by atoms with van der Waals surface area (Å²) in [5, 5.41) is 11.5. The zero-order valence-corrected chi connectivity index (χ0v) is 17.1. The van der Waals surface area contributed by atoms with Gasteiger partial charge in [-0.1, -0.05) is 31.0 Å². The first-order chi connectivity index (χ1) is 14.1. The summed E-state index contributed by atoms with van der Waals surface area (Å²) in [5.41, 5.74) is 0.871. The van der Waals surface area contributed by atoms with Gasteiger partial charge in [0, 0.05) is 29.7 Å². The predicted octanol–water partition coefficient (Wildman–Crippen LogP) is 4.21. The van der Waals surface area contributed by atoms with Gasteiger partial charge >= 0.3 is 0 Å². The molecule has 5 nitrogen and oxygen atoms in total. The fraction of sp³-hybridized carbons (Fsp3) is 0.458. The highest BCUT2D eigenvalue weighted by Gasteiger charge is 2.50. The van der Waals surface area contributed by atoms with Crippen molar-refractivity contribution in [2.75, 3.05) is 20.8 Å². The summed E-state index contributed by atoms with van der Waals surface area (Å²) in [5.74, 6) is 1.39. The van der Waals surface area contributed by atoms with Crippen molar-refractivity contribution in [1.82, 2.24) is 4.90 Å². The van der Waals surface area contributed by atoms with Crippen LogP contribution in [0, 0.1) is 5.92 Å². The third kappa shape index (κ3) is 3.60. The average Bonchev–Trinajstić information content (AvgIpc) is 2.77. The van der Waals surface area contributed by atoms with Crippen molar-refractivity contribution in [3.63, 3.8) is 0 Å². The van der Waals surface area contributed by atoms with Crippen LogP contribution in [0.4, 0.5) is 0 Å². The Labute approximate surface area is 172 Å². The van der Waals surface area contributed by atoms with Gasteiger partial charge in [0.05, 0.1) is 25.9 Å². The minimum atomic E-state index is -0.735. The summed E-state index contributed by atoms with van der Waals surface area (Å²) in [6, 6.07) is 14.9. The minimum absolute atomic E-state index is 0.00101. The molecule has 0 bridgehead atoms. The van der Waals surface area contributed by atoms with E-state index in [0.717, 1.165) is 31.2 Å². The quantitative estimate of drug-likeness (QED) is 0.842. The van der Waals surface area contributed by atoms with E-state index in [4.69, 9.17) is 9.47 Å². The van der Waals surface area contributed by atoms with Gasteiger partial charge in [-0.3, -0.25) is 4.79 Å². The Bertz CT molecular complexity index is 868. The SMILES string of the molecule is COc1ccc(C2C3CCCCC3(O)CCN2C(=O)c2ccccc2)c(OC)c1. The van der Waals surface area contributed by atoms with E-state index in [2.05, 4.69) is 0 Å². The molecule has 5 heteroatoms. The molecule has 1 aliphatic carbocycles. The van der Waals surface area contributed by atoms with Gasteiger partial charge in [0.2, 0.25) is 0 Å². The van der Waals surface area contributed by atoms with Crippen LogP contribution in [0.15, 0.2) is 48.5 Å². The number of benzene rings is 2. The van der Waals surface area contributed by atoms with Crippen molar-refractivity contribution < 1.29 is 19.4 Å². The van der Waals surface area contributed by atoms with E-state index in [1.807, 2.05) is 53.4 Å². The second-order valence-electron chi connectivity index (χ2n) is 8.12. The van der Waals surface area contributed by atoms with Crippen molar-refractivity contribution in [2.45, 2.75) is 43.7 Å². The molecule has 2 fully saturated rings. The number of hydrogen-bond acceptors (Lipinski definition) is 4. The van der Waals surface area contributed by atoms with Crippen LogP contribution in [0.1, 0.15) is 54.1 Å². The smallest absolute Gasteiger partial charge is 0.254 e. The number of rotatable bonds is 4. The molecule has 1 aliphatic heterocycles. The molecule has 154 valence electrons. The lowest BCUT2D eigenvalue weighted by molar-refractivity contribution is -0.115. The van der Waals surface area contributed by atoms with E-state index in [9.17, 15) is 9.90 Å². The van der Waals surface area contributed by atoms with Gasteiger partial charge in [-0.05, 0) is 43.5 Å². The third-order valence-corrected chi connectivity index (χ3v) is 6.61. The third-order valence-electron chi connectivity index (χ3n) is 6.61. The fourth-order valence-electron chi connectivity index (χ4n) is 5.10. The molecule has 1 amide bonds. The Kier molecular flexibility index (Phi) is 5.50. The first-order valence-corrected chi connectivity index (χ1v) is 10.4. The number of aliphatic hydroxyl groups is 1. The minimum Gasteiger partial charge on any atom is -0.497 e. The molecule has 0 spiro atoms. The molecule has 1 saturated heterocycles. The van der Waals surface area contributed by atoms with Crippen LogP contribution in [0.3, 0.4) is 0 Å². The number of likely N-dealkylation sites (tertiary alicyclic amines) is 1. The van der Waals surface area contributed by atoms with E-state index in [1.54, 1.807) is 14.2 Å². The highest BCUT2D eigenvalue weighted by molar-refractivity contribution is 5.94. The van der Waals surface area contributed by atoms with Gasteiger partial charge in [-0.2, -0.15) is 0 Å². The highest BCUT2D eigenvalue weighted by atomic mass is 16.5. The van der Waals surface area contributed by atoms with E-state index in [1.165, 1.54) is 0 Å². The number of ether oxygens (including phenoxy) is 2. The predicted molar refractivity (Wildman–Crippen MR) is 111 cm³/mol. The molecule has 0 aromatic heterocycles. The Morgan fingerprint density at radius 3 is 2.59 bits per heavy atom. The topological polar surface area (TPSA) is 59.0 Å². The Morgan fingerprint density at radius 1 is 1.07 bits per heavy atom. The second-order valence-corrected chi connectivity index (χ2v) is 8.12. The maximum atomic E-state index is 13.5. The molecular formula is C24H29NO4. The van der Waals surface area contributed by atoms with Crippen molar-refractivity contribution in [3.8, 4) is 11.5 Å². The van der Waals surface area contributed by atoms with Crippen molar-refractivity contribution >= 4 is 5.91 Å². The number of piperidine rings is 1. The van der Waals surface area contributed by atoms with E-state index in [0.29, 0.717) is 30.0 Å². The maximum Gasteiger partial charge on any atom is 0.254 e. The lowest BCUT2D eigenvalue weighted by Crippen LogP contribution is -2.56. The summed E-state index contributed by atoms with van der Waals surface area (Å²) in [6.45, 7) is 0.528. The van der Waals surface area contributed by atoms with Gasteiger partial charge in [-0.15, -0.1) is 0 Å². The summed E-state index contributed by atoms with van der Waals surface area (Å²) in [7, 11) is 3.26. The molecule has 2 aromatic carbocycles. The Balaban J connectivity index is 1.80. The Morgan fingerprint density at radius 2 is 1.86 bits per heavy atom. The molecular weight excluding hydrogens is 366 g/mol. The number of amides is 1. The van der Waals surface area contributed by atoms with Crippen LogP contribution in [0.5, 0.6) is 11.5 Å². The van der Waals surface area contributed by atoms with E-state index < -0.39 is 5.60 Å². The van der Waals surface area contributed by atoms with Crippen LogP contribution in [0.2, 0.25) is 0 Å². The average molecular weight is 395 g/mol. The van der Waals surface area contributed by atoms with Crippen LogP contribution >= 0.6 is 0 Å². The summed E-state index contributed by atoms with van der Waals surface area (Å²) >= 11 is 0. The molecule has 4 rings (SSSR count). The van der Waals surface area contributed by atoms with Crippen LogP contribution in [-0.2, 0) is 0 Å². The number of fused-ring (bicyclic) bond motifs is 1. The second kappa shape index (κ2) is 8.07. The number of nitrogens with zero attached hydrogens (tertiary/aromatic N) is 1. The first-order valence-electron chi connectivity index (χ1n) is 10.4. The lowest BCUT2D eigenvalue weighted by atomic mass is 9.66. The van der Waals surface area contributed by atoms with Gasteiger partial charge < -0.3 is 19.5 Å². The molecule has 1 heterocycles. The van der Waals surface area contributed by atoms with E-state index in [-0.39, 0.29) is 17.9 Å². The molecule has 29 heavy (non-hydrogen) atoms.